The maximum Gasteiger partial charge on any atom is 0.218 e. The molecule has 0 amide bonds. The molecule has 3 heteroatoms. The second kappa shape index (κ2) is 4.64. The van der Waals surface area contributed by atoms with Gasteiger partial charge < -0.3 is 10.1 Å². The van der Waals surface area contributed by atoms with Crippen molar-refractivity contribution >= 4 is 11.6 Å². The Bertz CT molecular complexity index is 385. The van der Waals surface area contributed by atoms with E-state index in [-0.39, 0.29) is 0 Å². The average molecular weight is 202 g/mol. The predicted molar refractivity (Wildman–Crippen MR) is 62.5 cm³/mol. The Kier molecular flexibility index (Phi) is 3.02. The van der Waals surface area contributed by atoms with Crippen molar-refractivity contribution in [1.29, 1.82) is 0 Å². The van der Waals surface area contributed by atoms with Crippen molar-refractivity contribution in [2.24, 2.45) is 4.99 Å². The van der Waals surface area contributed by atoms with Gasteiger partial charge in [0.25, 0.3) is 0 Å². The van der Waals surface area contributed by atoms with Crippen molar-refractivity contribution in [3.05, 3.63) is 42.5 Å². The standard InChI is InChI=1S/C12H14N2O/c1-2-7-13-11-6-4-3-5-10(11)12-14-8-9-15-12/h2-6,13H,1,7-9H2. The van der Waals surface area contributed by atoms with Crippen LogP contribution in [-0.4, -0.2) is 25.6 Å². The number of benzene rings is 1. The summed E-state index contributed by atoms with van der Waals surface area (Å²) < 4.78 is 5.44. The number of para-hydroxylation sites is 1. The van der Waals surface area contributed by atoms with Gasteiger partial charge in [-0.15, -0.1) is 6.58 Å². The molecule has 0 aromatic heterocycles. The van der Waals surface area contributed by atoms with Crippen molar-refractivity contribution in [3.8, 4) is 0 Å². The maximum absolute atomic E-state index is 5.44. The van der Waals surface area contributed by atoms with Crippen LogP contribution in [0.2, 0.25) is 0 Å². The summed E-state index contributed by atoms with van der Waals surface area (Å²) in [5, 5.41) is 3.26. The molecule has 0 bridgehead atoms. The highest BCUT2D eigenvalue weighted by molar-refractivity contribution is 6.00. The number of aliphatic imine (C=N–C) groups is 1. The first-order chi connectivity index (χ1) is 7.42. The molecule has 0 unspecified atom stereocenters. The zero-order chi connectivity index (χ0) is 10.5. The number of anilines is 1. The minimum absolute atomic E-state index is 0.686. The van der Waals surface area contributed by atoms with Crippen LogP contribution in [0.1, 0.15) is 5.56 Å². The summed E-state index contributed by atoms with van der Waals surface area (Å²) in [5.41, 5.74) is 2.06. The largest absolute Gasteiger partial charge is 0.475 e. The Morgan fingerprint density at radius 3 is 3.07 bits per heavy atom. The molecule has 0 saturated heterocycles. The van der Waals surface area contributed by atoms with E-state index in [0.29, 0.717) is 6.61 Å². The van der Waals surface area contributed by atoms with Gasteiger partial charge in [0.15, 0.2) is 0 Å². The van der Waals surface area contributed by atoms with E-state index in [0.717, 1.165) is 30.2 Å². The number of nitrogens with one attached hydrogen (secondary N) is 1. The third-order valence-electron chi connectivity index (χ3n) is 2.18. The Balaban J connectivity index is 2.24. The molecule has 2 rings (SSSR count). The predicted octanol–water partition coefficient (Wildman–Crippen LogP) is 2.06. The first-order valence-electron chi connectivity index (χ1n) is 5.03. The zero-order valence-electron chi connectivity index (χ0n) is 8.57. The SMILES string of the molecule is C=CCNc1ccccc1C1=NCCO1. The molecule has 0 fully saturated rings. The molecule has 15 heavy (non-hydrogen) atoms. The van der Waals surface area contributed by atoms with Crippen LogP contribution >= 0.6 is 0 Å². The van der Waals surface area contributed by atoms with Gasteiger partial charge in [0.2, 0.25) is 5.90 Å². The van der Waals surface area contributed by atoms with Gasteiger partial charge in [0.1, 0.15) is 6.61 Å². The van der Waals surface area contributed by atoms with Crippen LogP contribution in [0.4, 0.5) is 5.69 Å². The minimum Gasteiger partial charge on any atom is -0.475 e. The van der Waals surface area contributed by atoms with E-state index in [9.17, 15) is 0 Å². The zero-order valence-corrected chi connectivity index (χ0v) is 8.57. The molecule has 1 heterocycles. The van der Waals surface area contributed by atoms with Gasteiger partial charge in [-0.25, -0.2) is 4.99 Å². The van der Waals surface area contributed by atoms with E-state index in [1.807, 2.05) is 30.3 Å². The van der Waals surface area contributed by atoms with E-state index in [2.05, 4.69) is 16.9 Å². The summed E-state index contributed by atoms with van der Waals surface area (Å²) in [5.74, 6) is 0.738. The average Bonchev–Trinajstić information content (AvgIpc) is 2.80. The molecule has 0 atom stereocenters. The van der Waals surface area contributed by atoms with Crippen LogP contribution in [0.3, 0.4) is 0 Å². The Morgan fingerprint density at radius 2 is 2.33 bits per heavy atom. The van der Waals surface area contributed by atoms with Gasteiger partial charge in [0, 0.05) is 12.2 Å². The Labute approximate surface area is 89.5 Å². The number of nitrogens with zero attached hydrogens (tertiary/aromatic N) is 1. The molecule has 0 spiro atoms. The van der Waals surface area contributed by atoms with Crippen LogP contribution < -0.4 is 5.32 Å². The molecule has 1 aromatic rings. The maximum atomic E-state index is 5.44. The molecule has 1 N–H and O–H groups in total. The van der Waals surface area contributed by atoms with Crippen LogP contribution in [-0.2, 0) is 4.74 Å². The van der Waals surface area contributed by atoms with Crippen LogP contribution in [0.5, 0.6) is 0 Å². The molecule has 1 aliphatic heterocycles. The van der Waals surface area contributed by atoms with E-state index in [4.69, 9.17) is 4.74 Å². The summed E-state index contributed by atoms with van der Waals surface area (Å²) in [7, 11) is 0. The third kappa shape index (κ3) is 2.18. The number of rotatable bonds is 4. The van der Waals surface area contributed by atoms with Crippen LogP contribution in [0, 0.1) is 0 Å². The lowest BCUT2D eigenvalue weighted by Crippen LogP contribution is -2.07. The normalized spacial score (nSPS) is 14.3. The van der Waals surface area contributed by atoms with Crippen molar-refractivity contribution in [3.63, 3.8) is 0 Å². The second-order valence-electron chi connectivity index (χ2n) is 3.25. The summed E-state index contributed by atoms with van der Waals surface area (Å²) in [6.07, 6.45) is 1.83. The van der Waals surface area contributed by atoms with Crippen molar-refractivity contribution in [2.45, 2.75) is 0 Å². The topological polar surface area (TPSA) is 33.6 Å². The summed E-state index contributed by atoms with van der Waals surface area (Å²) in [6, 6.07) is 8.00. The molecule has 78 valence electrons. The molecule has 1 aliphatic rings. The van der Waals surface area contributed by atoms with Crippen molar-refractivity contribution < 1.29 is 4.74 Å². The van der Waals surface area contributed by atoms with E-state index >= 15 is 0 Å². The Morgan fingerprint density at radius 1 is 1.47 bits per heavy atom. The fourth-order valence-electron chi connectivity index (χ4n) is 1.50. The summed E-state index contributed by atoms with van der Waals surface area (Å²) in [4.78, 5) is 4.30. The van der Waals surface area contributed by atoms with Crippen LogP contribution in [0.15, 0.2) is 41.9 Å². The first kappa shape index (κ1) is 9.77. The third-order valence-corrected chi connectivity index (χ3v) is 2.18. The van der Waals surface area contributed by atoms with Gasteiger partial charge in [-0.05, 0) is 12.1 Å². The quantitative estimate of drug-likeness (QED) is 0.758. The lowest BCUT2D eigenvalue weighted by Gasteiger charge is -2.09. The molecule has 0 aliphatic carbocycles. The minimum atomic E-state index is 0.686. The van der Waals surface area contributed by atoms with Crippen molar-refractivity contribution in [2.75, 3.05) is 25.0 Å². The highest BCUT2D eigenvalue weighted by Gasteiger charge is 2.13. The van der Waals surface area contributed by atoms with E-state index < -0.39 is 0 Å². The Hall–Kier alpha value is -1.77. The molecular formula is C12H14N2O. The lowest BCUT2D eigenvalue weighted by molar-refractivity contribution is 0.348. The number of ether oxygens (including phenoxy) is 1. The van der Waals surface area contributed by atoms with Gasteiger partial charge in [-0.1, -0.05) is 18.2 Å². The van der Waals surface area contributed by atoms with Gasteiger partial charge in [-0.3, -0.25) is 0 Å². The van der Waals surface area contributed by atoms with Gasteiger partial charge in [-0.2, -0.15) is 0 Å². The van der Waals surface area contributed by atoms with E-state index in [1.165, 1.54) is 0 Å². The molecule has 3 nitrogen and oxygen atoms in total. The van der Waals surface area contributed by atoms with E-state index in [1.54, 1.807) is 0 Å². The first-order valence-corrected chi connectivity index (χ1v) is 5.03. The monoisotopic (exact) mass is 202 g/mol. The van der Waals surface area contributed by atoms with Crippen molar-refractivity contribution in [1.82, 2.24) is 0 Å². The summed E-state index contributed by atoms with van der Waals surface area (Å²) in [6.45, 7) is 5.86. The smallest absolute Gasteiger partial charge is 0.218 e. The molecule has 0 saturated carbocycles. The second-order valence-corrected chi connectivity index (χ2v) is 3.25. The van der Waals surface area contributed by atoms with Gasteiger partial charge in [0.05, 0.1) is 12.1 Å². The molecule has 0 radical (unpaired) electrons. The number of hydrogen-bond acceptors (Lipinski definition) is 3. The fourth-order valence-corrected chi connectivity index (χ4v) is 1.50. The molecule has 1 aromatic carbocycles. The lowest BCUT2D eigenvalue weighted by atomic mass is 10.1. The number of hydrogen-bond donors (Lipinski definition) is 1. The summed E-state index contributed by atoms with van der Waals surface area (Å²) >= 11 is 0. The van der Waals surface area contributed by atoms with Crippen LogP contribution in [0.25, 0.3) is 0 Å². The highest BCUT2D eigenvalue weighted by Crippen LogP contribution is 2.18. The van der Waals surface area contributed by atoms with Gasteiger partial charge >= 0.3 is 0 Å². The highest BCUT2D eigenvalue weighted by atomic mass is 16.5. The fraction of sp³-hybridized carbons (Fsp3) is 0.250. The molecular weight excluding hydrogens is 188 g/mol.